The van der Waals surface area contributed by atoms with Gasteiger partial charge in [0.15, 0.2) is 0 Å². The van der Waals surface area contributed by atoms with Gasteiger partial charge in [0.2, 0.25) is 12.0 Å². The van der Waals surface area contributed by atoms with E-state index in [0.29, 0.717) is 37.6 Å². The third kappa shape index (κ3) is 4.28. The molecule has 156 valence electrons. The van der Waals surface area contributed by atoms with Crippen LogP contribution in [0.5, 0.6) is 0 Å². The maximum absolute atomic E-state index is 13.1. The summed E-state index contributed by atoms with van der Waals surface area (Å²) in [6, 6.07) is 8.29. The van der Waals surface area contributed by atoms with Crippen LogP contribution in [0, 0.1) is 0 Å². The molecule has 2 heterocycles. The first-order valence-corrected chi connectivity index (χ1v) is 11.1. The number of nitrogens with zero attached hydrogens (tertiary/aromatic N) is 1. The fourth-order valence-corrected chi connectivity index (χ4v) is 5.59. The van der Waals surface area contributed by atoms with Crippen LogP contribution in [0.2, 0.25) is 0 Å². The monoisotopic (exact) mass is 418 g/mol. The fourth-order valence-electron chi connectivity index (χ4n) is 4.12. The minimum atomic E-state index is -1.02. The van der Waals surface area contributed by atoms with E-state index in [9.17, 15) is 14.4 Å². The molecule has 1 saturated carbocycles. The summed E-state index contributed by atoms with van der Waals surface area (Å²) in [7, 11) is 0. The number of carbonyl (C=O) groups is 3. The molecule has 29 heavy (non-hydrogen) atoms. The minimum Gasteiger partial charge on any atom is -0.446 e. The average molecular weight is 419 g/mol. The molecule has 1 aromatic rings. The number of thioether (sulfide) groups is 1. The first kappa shape index (κ1) is 20.2. The van der Waals surface area contributed by atoms with Crippen LogP contribution in [0.4, 0.5) is 0 Å². The second-order valence-electron chi connectivity index (χ2n) is 7.70. The molecule has 4 rings (SSSR count). The highest BCUT2D eigenvalue weighted by Crippen LogP contribution is 2.44. The number of hydrogen-bond donors (Lipinski definition) is 1. The summed E-state index contributed by atoms with van der Waals surface area (Å²) in [5, 5.41) is 2.84. The average Bonchev–Trinajstić information content (AvgIpc) is 3.24. The predicted octanol–water partition coefficient (Wildman–Crippen LogP) is 1.67. The Labute approximate surface area is 174 Å². The third-order valence-corrected chi connectivity index (χ3v) is 7.47. The topological polar surface area (TPSA) is 84.9 Å². The largest absolute Gasteiger partial charge is 0.446 e. The maximum Gasteiger partial charge on any atom is 0.330 e. The number of benzene rings is 1. The van der Waals surface area contributed by atoms with E-state index in [4.69, 9.17) is 9.47 Å². The predicted molar refractivity (Wildman–Crippen MR) is 108 cm³/mol. The summed E-state index contributed by atoms with van der Waals surface area (Å²) in [5.74, 6) is -0.425. The number of hydrogen-bond acceptors (Lipinski definition) is 6. The van der Waals surface area contributed by atoms with Crippen LogP contribution < -0.4 is 5.32 Å². The van der Waals surface area contributed by atoms with Crippen molar-refractivity contribution in [2.45, 2.75) is 42.6 Å². The van der Waals surface area contributed by atoms with Gasteiger partial charge >= 0.3 is 5.97 Å². The molecule has 3 aliphatic rings. The number of ether oxygens (including phenoxy) is 2. The number of morpholine rings is 1. The molecule has 2 amide bonds. The van der Waals surface area contributed by atoms with Crippen LogP contribution in [-0.2, 0) is 23.9 Å². The second-order valence-corrected chi connectivity index (χ2v) is 9.11. The van der Waals surface area contributed by atoms with Gasteiger partial charge in [0.25, 0.3) is 5.91 Å². The Bertz CT molecular complexity index is 760. The van der Waals surface area contributed by atoms with Crippen LogP contribution in [-0.4, -0.2) is 65.5 Å². The molecule has 2 atom stereocenters. The van der Waals surface area contributed by atoms with Gasteiger partial charge in [0, 0.05) is 24.4 Å². The molecule has 0 unspecified atom stereocenters. The van der Waals surface area contributed by atoms with E-state index in [2.05, 4.69) is 5.32 Å². The molecule has 1 aliphatic carbocycles. The lowest BCUT2D eigenvalue weighted by Crippen LogP contribution is -2.56. The lowest BCUT2D eigenvalue weighted by atomic mass is 10.1. The van der Waals surface area contributed by atoms with Gasteiger partial charge in [0.1, 0.15) is 6.04 Å². The molecule has 8 heteroatoms. The number of rotatable bonds is 4. The highest BCUT2D eigenvalue weighted by atomic mass is 32.2. The molecule has 2 aliphatic heterocycles. The zero-order valence-electron chi connectivity index (χ0n) is 16.3. The number of nitrogens with one attached hydrogen (secondary N) is 1. The van der Waals surface area contributed by atoms with E-state index in [0.717, 1.165) is 25.7 Å². The van der Waals surface area contributed by atoms with Crippen molar-refractivity contribution in [1.29, 1.82) is 0 Å². The molecule has 0 radical (unpaired) electrons. The second kappa shape index (κ2) is 8.75. The van der Waals surface area contributed by atoms with Crippen molar-refractivity contribution in [3.8, 4) is 0 Å². The highest BCUT2D eigenvalue weighted by molar-refractivity contribution is 8.01. The van der Waals surface area contributed by atoms with Crippen LogP contribution in [0.15, 0.2) is 30.3 Å². The van der Waals surface area contributed by atoms with Crippen molar-refractivity contribution in [2.75, 3.05) is 32.1 Å². The number of amides is 2. The van der Waals surface area contributed by atoms with Gasteiger partial charge in [-0.1, -0.05) is 43.2 Å². The molecule has 0 bridgehead atoms. The molecule has 1 N–H and O–H groups in total. The lowest BCUT2D eigenvalue weighted by molar-refractivity contribution is -0.164. The van der Waals surface area contributed by atoms with Gasteiger partial charge in [-0.3, -0.25) is 9.59 Å². The first-order valence-electron chi connectivity index (χ1n) is 10.2. The van der Waals surface area contributed by atoms with Gasteiger partial charge in [-0.25, -0.2) is 4.79 Å². The van der Waals surface area contributed by atoms with Crippen LogP contribution in [0.25, 0.3) is 0 Å². The zero-order valence-corrected chi connectivity index (χ0v) is 17.1. The van der Waals surface area contributed by atoms with Crippen molar-refractivity contribution in [1.82, 2.24) is 10.2 Å². The number of esters is 1. The molecule has 1 spiro atoms. The van der Waals surface area contributed by atoms with Crippen molar-refractivity contribution in [2.24, 2.45) is 0 Å². The van der Waals surface area contributed by atoms with Crippen molar-refractivity contribution >= 4 is 29.5 Å². The SMILES string of the molecule is O=C(O[C@@H](C(=O)N1CCOCC1)c1ccccc1)[C@@H]1CSC2(CCCC2)C(=O)N1. The highest BCUT2D eigenvalue weighted by Gasteiger charge is 2.47. The molecule has 2 saturated heterocycles. The summed E-state index contributed by atoms with van der Waals surface area (Å²) in [6.45, 7) is 1.88. The molecule has 7 nitrogen and oxygen atoms in total. The van der Waals surface area contributed by atoms with Gasteiger partial charge in [-0.15, -0.1) is 11.8 Å². The van der Waals surface area contributed by atoms with Crippen LogP contribution in [0.3, 0.4) is 0 Å². The summed E-state index contributed by atoms with van der Waals surface area (Å²) >= 11 is 1.55. The van der Waals surface area contributed by atoms with Crippen LogP contribution >= 0.6 is 11.8 Å². The van der Waals surface area contributed by atoms with Gasteiger partial charge in [0.05, 0.1) is 18.0 Å². The van der Waals surface area contributed by atoms with E-state index in [-0.39, 0.29) is 16.6 Å². The Hall–Kier alpha value is -2.06. The van der Waals surface area contributed by atoms with Crippen molar-refractivity contribution in [3.05, 3.63) is 35.9 Å². The van der Waals surface area contributed by atoms with E-state index < -0.39 is 18.1 Å². The van der Waals surface area contributed by atoms with Gasteiger partial charge < -0.3 is 19.7 Å². The van der Waals surface area contributed by atoms with Crippen molar-refractivity contribution in [3.63, 3.8) is 0 Å². The Morgan fingerprint density at radius 2 is 1.86 bits per heavy atom. The van der Waals surface area contributed by atoms with E-state index in [1.165, 1.54) is 0 Å². The normalized spacial score (nSPS) is 24.8. The molecule has 1 aromatic carbocycles. The Kier molecular flexibility index (Phi) is 6.10. The van der Waals surface area contributed by atoms with Gasteiger partial charge in [-0.2, -0.15) is 0 Å². The zero-order chi connectivity index (χ0) is 20.3. The smallest absolute Gasteiger partial charge is 0.330 e. The standard InChI is InChI=1S/C21H26N2O5S/c24-18(23-10-12-27-13-11-23)17(15-6-2-1-3-7-15)28-19(25)16-14-29-21(20(26)22-16)8-4-5-9-21/h1-3,6-7,16-17H,4-5,8-14H2,(H,22,26)/t16-,17+/m0/s1. The lowest BCUT2D eigenvalue weighted by Gasteiger charge is -2.36. The molecular weight excluding hydrogens is 392 g/mol. The van der Waals surface area contributed by atoms with Crippen molar-refractivity contribution < 1.29 is 23.9 Å². The molecule has 3 fully saturated rings. The summed E-state index contributed by atoms with van der Waals surface area (Å²) < 4.78 is 10.6. The molecule has 0 aromatic heterocycles. The third-order valence-electron chi connectivity index (χ3n) is 5.82. The first-order chi connectivity index (χ1) is 14.1. The summed E-state index contributed by atoms with van der Waals surface area (Å²) in [6.07, 6.45) is 2.77. The van der Waals surface area contributed by atoms with Crippen LogP contribution in [0.1, 0.15) is 37.4 Å². The quantitative estimate of drug-likeness (QED) is 0.749. The summed E-state index contributed by atoms with van der Waals surface area (Å²) in [5.41, 5.74) is 0.624. The van der Waals surface area contributed by atoms with E-state index in [1.807, 2.05) is 18.2 Å². The molecular formula is C21H26N2O5S. The minimum absolute atomic E-state index is 0.0797. The fraction of sp³-hybridized carbons (Fsp3) is 0.571. The Balaban J connectivity index is 1.46. The Morgan fingerprint density at radius 1 is 1.17 bits per heavy atom. The van der Waals surface area contributed by atoms with E-state index >= 15 is 0 Å². The summed E-state index contributed by atoms with van der Waals surface area (Å²) in [4.78, 5) is 40.3. The Morgan fingerprint density at radius 3 is 2.52 bits per heavy atom. The van der Waals surface area contributed by atoms with Gasteiger partial charge in [-0.05, 0) is 12.8 Å². The number of carbonyl (C=O) groups excluding carboxylic acids is 3. The van der Waals surface area contributed by atoms with E-state index in [1.54, 1.807) is 28.8 Å². The maximum atomic E-state index is 13.1.